The van der Waals surface area contributed by atoms with Crippen molar-refractivity contribution in [1.82, 2.24) is 4.98 Å². The van der Waals surface area contributed by atoms with Crippen LogP contribution in [-0.2, 0) is 4.79 Å². The number of rotatable bonds is 5. The second-order valence-electron chi connectivity index (χ2n) is 4.60. The van der Waals surface area contributed by atoms with E-state index in [-0.39, 0.29) is 0 Å². The van der Waals surface area contributed by atoms with Gasteiger partial charge in [0.15, 0.2) is 0 Å². The second-order valence-corrected chi connectivity index (χ2v) is 4.60. The number of carboxylic acids is 1. The molecular weight excluding hydrogens is 242 g/mol. The van der Waals surface area contributed by atoms with Gasteiger partial charge in [0.1, 0.15) is 11.6 Å². The van der Waals surface area contributed by atoms with E-state index in [9.17, 15) is 15.2 Å². The van der Waals surface area contributed by atoms with Gasteiger partial charge in [-0.05, 0) is 32.8 Å². The Hall–Kier alpha value is -2.09. The minimum absolute atomic E-state index is 0.401. The average molecular weight is 261 g/mol. The highest BCUT2D eigenvalue weighted by Gasteiger charge is 2.35. The summed E-state index contributed by atoms with van der Waals surface area (Å²) in [5, 5.41) is 21.7. The Labute approximate surface area is 113 Å². The Morgan fingerprint density at radius 2 is 2.05 bits per heavy atom. The van der Waals surface area contributed by atoms with E-state index in [4.69, 9.17) is 0 Å². The van der Waals surface area contributed by atoms with Crippen LogP contribution in [0.15, 0.2) is 6.07 Å². The Bertz CT molecular complexity index is 528. The molecule has 0 fully saturated rings. The highest BCUT2D eigenvalue weighted by Crippen LogP contribution is 2.26. The number of aryl methyl sites for hydroxylation is 2. The molecule has 1 heterocycles. The molecule has 0 atom stereocenters. The van der Waals surface area contributed by atoms with Crippen LogP contribution in [-0.4, -0.2) is 21.6 Å². The smallest absolute Gasteiger partial charge is 0.329 e. The maximum atomic E-state index is 11.5. The lowest BCUT2D eigenvalue weighted by Crippen LogP contribution is -2.45. The zero-order valence-electron chi connectivity index (χ0n) is 11.7. The molecule has 0 saturated carbocycles. The predicted molar refractivity (Wildman–Crippen MR) is 73.0 cm³/mol. The molecule has 1 rings (SSSR count). The van der Waals surface area contributed by atoms with Crippen molar-refractivity contribution in [3.8, 4) is 6.07 Å². The fourth-order valence-electron chi connectivity index (χ4n) is 2.11. The first-order valence-corrected chi connectivity index (χ1v) is 6.30. The molecule has 0 aliphatic heterocycles. The van der Waals surface area contributed by atoms with Crippen molar-refractivity contribution in [2.24, 2.45) is 0 Å². The van der Waals surface area contributed by atoms with Crippen LogP contribution in [0.1, 0.15) is 43.6 Å². The van der Waals surface area contributed by atoms with Crippen LogP contribution in [0.4, 0.5) is 5.69 Å². The van der Waals surface area contributed by atoms with Gasteiger partial charge in [0, 0.05) is 5.69 Å². The molecule has 0 unspecified atom stereocenters. The monoisotopic (exact) mass is 261 g/mol. The van der Waals surface area contributed by atoms with Crippen molar-refractivity contribution in [3.05, 3.63) is 23.0 Å². The number of carboxylic acid groups (broad SMARTS) is 1. The van der Waals surface area contributed by atoms with E-state index in [1.165, 1.54) is 0 Å². The number of hydrogen-bond donors (Lipinski definition) is 2. The molecule has 0 radical (unpaired) electrons. The van der Waals surface area contributed by atoms with Crippen molar-refractivity contribution < 1.29 is 9.90 Å². The van der Waals surface area contributed by atoms with Gasteiger partial charge in [0.2, 0.25) is 0 Å². The van der Waals surface area contributed by atoms with Crippen LogP contribution in [0, 0.1) is 25.2 Å². The van der Waals surface area contributed by atoms with Crippen molar-refractivity contribution >= 4 is 11.7 Å². The molecule has 1 aromatic rings. The third-order valence-electron chi connectivity index (χ3n) is 3.43. The molecule has 102 valence electrons. The van der Waals surface area contributed by atoms with E-state index in [1.54, 1.807) is 13.0 Å². The molecule has 5 nitrogen and oxygen atoms in total. The Morgan fingerprint density at radius 1 is 1.47 bits per heavy atom. The highest BCUT2D eigenvalue weighted by atomic mass is 16.4. The van der Waals surface area contributed by atoms with E-state index in [0.29, 0.717) is 29.8 Å². The largest absolute Gasteiger partial charge is 0.480 e. The van der Waals surface area contributed by atoms with Gasteiger partial charge in [-0.1, -0.05) is 13.8 Å². The Morgan fingerprint density at radius 3 is 2.47 bits per heavy atom. The summed E-state index contributed by atoms with van der Waals surface area (Å²) >= 11 is 0. The number of aliphatic carboxylic acids is 1. The van der Waals surface area contributed by atoms with Gasteiger partial charge in [-0.15, -0.1) is 0 Å². The van der Waals surface area contributed by atoms with Crippen molar-refractivity contribution in [3.63, 3.8) is 0 Å². The topological polar surface area (TPSA) is 86.0 Å². The summed E-state index contributed by atoms with van der Waals surface area (Å²) in [5.41, 5.74) is 1.25. The lowest BCUT2D eigenvalue weighted by atomic mass is 9.92. The predicted octanol–water partition coefficient (Wildman–Crippen LogP) is 2.63. The molecular formula is C14H19N3O2. The van der Waals surface area contributed by atoms with E-state index in [0.717, 1.165) is 5.69 Å². The SMILES string of the molecule is CCC(CC)(Nc1cc(C)nc(C)c1C#N)C(=O)O. The number of hydrogen-bond acceptors (Lipinski definition) is 4. The van der Waals surface area contributed by atoms with Gasteiger partial charge >= 0.3 is 5.97 Å². The van der Waals surface area contributed by atoms with Gasteiger partial charge in [-0.25, -0.2) is 4.79 Å². The number of anilines is 1. The van der Waals surface area contributed by atoms with Crippen LogP contribution < -0.4 is 5.32 Å². The fourth-order valence-corrected chi connectivity index (χ4v) is 2.11. The number of nitriles is 1. The molecule has 0 aromatic carbocycles. The summed E-state index contributed by atoms with van der Waals surface area (Å²) in [4.78, 5) is 15.7. The number of aromatic nitrogens is 1. The summed E-state index contributed by atoms with van der Waals surface area (Å²) < 4.78 is 0. The third-order valence-corrected chi connectivity index (χ3v) is 3.43. The molecule has 1 aromatic heterocycles. The standard InChI is InChI=1S/C14H19N3O2/c1-5-14(6-2,13(18)19)17-12-7-9(3)16-10(4)11(12)8-15/h7H,5-6H2,1-4H3,(H,16,17)(H,18,19). The summed E-state index contributed by atoms with van der Waals surface area (Å²) in [6, 6.07) is 3.80. The van der Waals surface area contributed by atoms with E-state index < -0.39 is 11.5 Å². The van der Waals surface area contributed by atoms with Gasteiger partial charge in [0.05, 0.1) is 16.9 Å². The molecule has 0 aliphatic carbocycles. The first-order chi connectivity index (χ1) is 8.90. The quantitative estimate of drug-likeness (QED) is 0.850. The normalized spacial score (nSPS) is 10.9. The Kier molecular flexibility index (Phi) is 4.49. The average Bonchev–Trinajstić information content (AvgIpc) is 2.35. The lowest BCUT2D eigenvalue weighted by Gasteiger charge is -2.30. The van der Waals surface area contributed by atoms with Crippen molar-refractivity contribution in [2.45, 2.75) is 46.1 Å². The molecule has 0 aliphatic rings. The minimum Gasteiger partial charge on any atom is -0.480 e. The van der Waals surface area contributed by atoms with Crippen LogP contribution >= 0.6 is 0 Å². The summed E-state index contributed by atoms with van der Waals surface area (Å²) in [5.74, 6) is -0.909. The number of nitrogens with one attached hydrogen (secondary N) is 1. The zero-order chi connectivity index (χ0) is 14.6. The van der Waals surface area contributed by atoms with Crippen LogP contribution in [0.5, 0.6) is 0 Å². The zero-order valence-corrected chi connectivity index (χ0v) is 11.7. The molecule has 0 spiro atoms. The van der Waals surface area contributed by atoms with Gasteiger partial charge in [-0.3, -0.25) is 4.98 Å². The summed E-state index contributed by atoms with van der Waals surface area (Å²) in [7, 11) is 0. The molecule has 5 heteroatoms. The summed E-state index contributed by atoms with van der Waals surface area (Å²) in [6.07, 6.45) is 0.869. The van der Waals surface area contributed by atoms with E-state index >= 15 is 0 Å². The van der Waals surface area contributed by atoms with Gasteiger partial charge in [0.25, 0.3) is 0 Å². The lowest BCUT2D eigenvalue weighted by molar-refractivity contribution is -0.142. The molecule has 2 N–H and O–H groups in total. The fraction of sp³-hybridized carbons (Fsp3) is 0.500. The van der Waals surface area contributed by atoms with Crippen LogP contribution in [0.3, 0.4) is 0 Å². The van der Waals surface area contributed by atoms with Gasteiger partial charge < -0.3 is 10.4 Å². The molecule has 19 heavy (non-hydrogen) atoms. The minimum atomic E-state index is -1.05. The Balaban J connectivity index is 3.32. The van der Waals surface area contributed by atoms with Crippen molar-refractivity contribution in [1.29, 1.82) is 5.26 Å². The maximum Gasteiger partial charge on any atom is 0.329 e. The molecule has 0 bridgehead atoms. The van der Waals surface area contributed by atoms with Crippen LogP contribution in [0.25, 0.3) is 0 Å². The highest BCUT2D eigenvalue weighted by molar-refractivity contribution is 5.83. The first kappa shape index (κ1) is 15.0. The van der Waals surface area contributed by atoms with Crippen molar-refractivity contribution in [2.75, 3.05) is 5.32 Å². The second kappa shape index (κ2) is 5.70. The molecule has 0 amide bonds. The first-order valence-electron chi connectivity index (χ1n) is 6.30. The molecule has 0 saturated heterocycles. The van der Waals surface area contributed by atoms with E-state index in [2.05, 4.69) is 16.4 Å². The van der Waals surface area contributed by atoms with Gasteiger partial charge in [-0.2, -0.15) is 5.26 Å². The maximum absolute atomic E-state index is 11.5. The third kappa shape index (κ3) is 2.84. The van der Waals surface area contributed by atoms with Crippen LogP contribution in [0.2, 0.25) is 0 Å². The number of carbonyl (C=O) groups is 1. The number of nitrogens with zero attached hydrogens (tertiary/aromatic N) is 2. The van der Waals surface area contributed by atoms with E-state index in [1.807, 2.05) is 20.8 Å². The number of pyridine rings is 1. The summed E-state index contributed by atoms with van der Waals surface area (Å²) in [6.45, 7) is 7.20.